The lowest BCUT2D eigenvalue weighted by Gasteiger charge is -2.17. The Hall–Kier alpha value is -0.900. The minimum absolute atomic E-state index is 0.546. The fraction of sp³-hybridized carbons (Fsp3) is 0.857. The second-order valence-electron chi connectivity index (χ2n) is 5.59. The summed E-state index contributed by atoms with van der Waals surface area (Å²) in [5, 5.41) is 7.54. The molecule has 4 heteroatoms. The van der Waals surface area contributed by atoms with Crippen molar-refractivity contribution >= 4 is 0 Å². The smallest absolute Gasteiger partial charge is 0.226 e. The summed E-state index contributed by atoms with van der Waals surface area (Å²) in [5.41, 5.74) is 0. The van der Waals surface area contributed by atoms with Gasteiger partial charge >= 0.3 is 0 Å². The van der Waals surface area contributed by atoms with Crippen LogP contribution in [-0.2, 0) is 6.42 Å². The van der Waals surface area contributed by atoms with Crippen molar-refractivity contribution in [2.24, 2.45) is 0 Å². The van der Waals surface area contributed by atoms with E-state index in [9.17, 15) is 0 Å². The van der Waals surface area contributed by atoms with Gasteiger partial charge in [0.2, 0.25) is 5.89 Å². The molecule has 1 aliphatic rings. The van der Waals surface area contributed by atoms with Crippen molar-refractivity contribution in [1.29, 1.82) is 0 Å². The Morgan fingerprint density at radius 2 is 2.06 bits per heavy atom. The van der Waals surface area contributed by atoms with Gasteiger partial charge in [-0.3, -0.25) is 0 Å². The number of nitrogens with zero attached hydrogens (tertiary/aromatic N) is 2. The molecular weight excluding hydrogens is 226 g/mol. The molecule has 1 aromatic rings. The van der Waals surface area contributed by atoms with Gasteiger partial charge in [0.25, 0.3) is 0 Å². The van der Waals surface area contributed by atoms with Crippen LogP contribution < -0.4 is 5.32 Å². The van der Waals surface area contributed by atoms with Gasteiger partial charge in [0, 0.05) is 18.4 Å². The number of aromatic nitrogens is 2. The third kappa shape index (κ3) is 4.09. The highest BCUT2D eigenvalue weighted by atomic mass is 16.5. The summed E-state index contributed by atoms with van der Waals surface area (Å²) in [6.45, 7) is 5.33. The van der Waals surface area contributed by atoms with Gasteiger partial charge in [-0.1, -0.05) is 38.3 Å². The van der Waals surface area contributed by atoms with Crippen molar-refractivity contribution in [2.45, 2.75) is 70.8 Å². The second-order valence-corrected chi connectivity index (χ2v) is 5.59. The number of rotatable bonds is 6. The van der Waals surface area contributed by atoms with E-state index < -0.39 is 0 Å². The third-order valence-electron chi connectivity index (χ3n) is 3.57. The maximum absolute atomic E-state index is 5.34. The van der Waals surface area contributed by atoms with Crippen LogP contribution in [0.4, 0.5) is 0 Å². The molecule has 2 rings (SSSR count). The summed E-state index contributed by atoms with van der Waals surface area (Å²) >= 11 is 0. The van der Waals surface area contributed by atoms with Crippen LogP contribution in [0.5, 0.6) is 0 Å². The molecule has 18 heavy (non-hydrogen) atoms. The fourth-order valence-electron chi connectivity index (χ4n) is 2.53. The molecule has 1 saturated carbocycles. The molecule has 0 unspecified atom stereocenters. The SMILES string of the molecule is CC(C)NCCCc1nc(C2CCCCC2)no1. The lowest BCUT2D eigenvalue weighted by Crippen LogP contribution is -2.23. The molecule has 0 radical (unpaired) electrons. The summed E-state index contributed by atoms with van der Waals surface area (Å²) in [5.74, 6) is 2.30. The zero-order valence-electron chi connectivity index (χ0n) is 11.6. The first kappa shape index (κ1) is 13.5. The first-order valence-electron chi connectivity index (χ1n) is 7.31. The van der Waals surface area contributed by atoms with Crippen molar-refractivity contribution in [2.75, 3.05) is 6.54 Å². The highest BCUT2D eigenvalue weighted by molar-refractivity contribution is 4.96. The quantitative estimate of drug-likeness (QED) is 0.789. The Morgan fingerprint density at radius 1 is 1.28 bits per heavy atom. The van der Waals surface area contributed by atoms with Crippen LogP contribution in [0.25, 0.3) is 0 Å². The predicted octanol–water partition coefficient (Wildman–Crippen LogP) is 3.05. The van der Waals surface area contributed by atoms with E-state index in [-0.39, 0.29) is 0 Å². The minimum atomic E-state index is 0.546. The summed E-state index contributed by atoms with van der Waals surface area (Å²) in [6, 6.07) is 0.547. The van der Waals surface area contributed by atoms with Gasteiger partial charge < -0.3 is 9.84 Å². The maximum Gasteiger partial charge on any atom is 0.226 e. The van der Waals surface area contributed by atoms with Crippen molar-refractivity contribution < 1.29 is 4.52 Å². The van der Waals surface area contributed by atoms with E-state index in [2.05, 4.69) is 29.3 Å². The van der Waals surface area contributed by atoms with E-state index in [1.54, 1.807) is 0 Å². The van der Waals surface area contributed by atoms with Gasteiger partial charge in [0.1, 0.15) is 0 Å². The molecule has 0 aromatic carbocycles. The monoisotopic (exact) mass is 251 g/mol. The first-order valence-corrected chi connectivity index (χ1v) is 7.31. The summed E-state index contributed by atoms with van der Waals surface area (Å²) in [4.78, 5) is 4.55. The van der Waals surface area contributed by atoms with Gasteiger partial charge in [0.15, 0.2) is 5.82 Å². The van der Waals surface area contributed by atoms with E-state index in [0.717, 1.165) is 31.1 Å². The van der Waals surface area contributed by atoms with Crippen LogP contribution in [0.3, 0.4) is 0 Å². The Labute approximate surface area is 110 Å². The maximum atomic E-state index is 5.34. The molecule has 0 amide bonds. The van der Waals surface area contributed by atoms with Gasteiger partial charge in [0.05, 0.1) is 0 Å². The predicted molar refractivity (Wildman–Crippen MR) is 71.6 cm³/mol. The Kier molecular flexibility index (Phi) is 5.17. The normalized spacial score (nSPS) is 17.5. The van der Waals surface area contributed by atoms with Gasteiger partial charge in [-0.15, -0.1) is 0 Å². The lowest BCUT2D eigenvalue weighted by molar-refractivity contribution is 0.355. The van der Waals surface area contributed by atoms with Crippen LogP contribution in [-0.4, -0.2) is 22.7 Å². The van der Waals surface area contributed by atoms with Crippen molar-refractivity contribution in [3.63, 3.8) is 0 Å². The van der Waals surface area contributed by atoms with Crippen LogP contribution >= 0.6 is 0 Å². The Morgan fingerprint density at radius 3 is 2.78 bits per heavy atom. The highest BCUT2D eigenvalue weighted by Crippen LogP contribution is 2.30. The standard InChI is InChI=1S/C14H25N3O/c1-11(2)15-10-6-9-13-16-14(17-18-13)12-7-4-3-5-8-12/h11-12,15H,3-10H2,1-2H3. The fourth-order valence-corrected chi connectivity index (χ4v) is 2.53. The highest BCUT2D eigenvalue weighted by Gasteiger charge is 2.20. The first-order chi connectivity index (χ1) is 8.75. The van der Waals surface area contributed by atoms with Gasteiger partial charge in [-0.05, 0) is 25.8 Å². The van der Waals surface area contributed by atoms with E-state index >= 15 is 0 Å². The molecule has 0 saturated heterocycles. The number of hydrogen-bond donors (Lipinski definition) is 1. The zero-order chi connectivity index (χ0) is 12.8. The molecule has 1 N–H and O–H groups in total. The van der Waals surface area contributed by atoms with Gasteiger partial charge in [-0.2, -0.15) is 4.98 Å². The molecule has 1 aromatic heterocycles. The van der Waals surface area contributed by atoms with Crippen LogP contribution in [0.2, 0.25) is 0 Å². The molecule has 1 fully saturated rings. The second kappa shape index (κ2) is 6.88. The van der Waals surface area contributed by atoms with Crippen molar-refractivity contribution in [1.82, 2.24) is 15.5 Å². The van der Waals surface area contributed by atoms with E-state index in [1.807, 2.05) is 0 Å². The summed E-state index contributed by atoms with van der Waals surface area (Å²) in [6.07, 6.45) is 8.40. The average molecular weight is 251 g/mol. The molecule has 0 atom stereocenters. The molecule has 4 nitrogen and oxygen atoms in total. The Bertz CT molecular complexity index is 343. The molecular formula is C14H25N3O. The molecule has 0 bridgehead atoms. The minimum Gasteiger partial charge on any atom is -0.339 e. The molecule has 1 heterocycles. The van der Waals surface area contributed by atoms with Gasteiger partial charge in [-0.25, -0.2) is 0 Å². The van der Waals surface area contributed by atoms with E-state index in [4.69, 9.17) is 4.52 Å². The number of hydrogen-bond acceptors (Lipinski definition) is 4. The summed E-state index contributed by atoms with van der Waals surface area (Å²) < 4.78 is 5.34. The van der Waals surface area contributed by atoms with Crippen LogP contribution in [0.15, 0.2) is 4.52 Å². The summed E-state index contributed by atoms with van der Waals surface area (Å²) in [7, 11) is 0. The lowest BCUT2D eigenvalue weighted by atomic mass is 9.89. The number of nitrogens with one attached hydrogen (secondary N) is 1. The third-order valence-corrected chi connectivity index (χ3v) is 3.57. The number of aryl methyl sites for hydroxylation is 1. The Balaban J connectivity index is 1.75. The van der Waals surface area contributed by atoms with E-state index in [0.29, 0.717) is 12.0 Å². The topological polar surface area (TPSA) is 51.0 Å². The molecule has 102 valence electrons. The average Bonchev–Trinajstić information content (AvgIpc) is 2.84. The molecule has 0 aliphatic heterocycles. The molecule has 0 spiro atoms. The zero-order valence-corrected chi connectivity index (χ0v) is 11.6. The van der Waals surface area contributed by atoms with Crippen LogP contribution in [0.1, 0.15) is 70.0 Å². The largest absolute Gasteiger partial charge is 0.339 e. The molecule has 1 aliphatic carbocycles. The van der Waals surface area contributed by atoms with Crippen LogP contribution in [0, 0.1) is 0 Å². The van der Waals surface area contributed by atoms with E-state index in [1.165, 1.54) is 32.1 Å². The van der Waals surface area contributed by atoms with Crippen molar-refractivity contribution in [3.05, 3.63) is 11.7 Å². The van der Waals surface area contributed by atoms with Crippen molar-refractivity contribution in [3.8, 4) is 0 Å².